The van der Waals surface area contributed by atoms with Crippen molar-refractivity contribution in [3.63, 3.8) is 0 Å². The third-order valence-corrected chi connectivity index (χ3v) is 1.94. The maximum atomic E-state index is 11.5. The Morgan fingerprint density at radius 1 is 1.47 bits per heavy atom. The highest BCUT2D eigenvalue weighted by Gasteiger charge is 2.08. The fraction of sp³-hybridized carbons (Fsp3) is 0. The number of pyridine rings is 2. The number of aromatic carboxylic acids is 1. The van der Waals surface area contributed by atoms with E-state index in [4.69, 9.17) is 10.8 Å². The molecule has 0 aromatic carbocycles. The Bertz CT molecular complexity index is 603. The van der Waals surface area contributed by atoms with E-state index in [1.807, 2.05) is 0 Å². The van der Waals surface area contributed by atoms with Crippen molar-refractivity contribution in [3.8, 4) is 0 Å². The highest BCUT2D eigenvalue weighted by atomic mass is 16.4. The van der Waals surface area contributed by atoms with Crippen LogP contribution in [0.5, 0.6) is 0 Å². The van der Waals surface area contributed by atoms with Crippen LogP contribution in [0.15, 0.2) is 23.0 Å². The molecule has 0 unspecified atom stereocenters. The predicted octanol–water partition coefficient (Wildman–Crippen LogP) is 0.204. The Hall–Kier alpha value is -2.37. The molecular formula is C9H7N3O3. The number of nitrogens with zero attached hydrogens (tertiary/aromatic N) is 1. The van der Waals surface area contributed by atoms with Gasteiger partial charge in [0.1, 0.15) is 17.2 Å². The standard InChI is InChI=1S/C9H7N3O3/c10-7-2-1-4-6(13)3-5(9(14)15)11-8(4)12-7/h1-3H,(H,14,15)(H3,10,11,12,13). The number of carbonyl (C=O) groups is 1. The molecule has 6 heteroatoms. The van der Waals surface area contributed by atoms with Gasteiger partial charge in [0, 0.05) is 6.07 Å². The van der Waals surface area contributed by atoms with Gasteiger partial charge in [-0.25, -0.2) is 9.78 Å². The summed E-state index contributed by atoms with van der Waals surface area (Å²) in [5, 5.41) is 9.02. The molecule has 0 spiro atoms. The second kappa shape index (κ2) is 3.09. The number of anilines is 1. The van der Waals surface area contributed by atoms with Crippen LogP contribution >= 0.6 is 0 Å². The first-order chi connectivity index (χ1) is 7.08. The van der Waals surface area contributed by atoms with Crippen LogP contribution in [0.4, 0.5) is 5.82 Å². The molecule has 0 atom stereocenters. The van der Waals surface area contributed by atoms with Crippen molar-refractivity contribution in [3.05, 3.63) is 34.1 Å². The van der Waals surface area contributed by atoms with Crippen molar-refractivity contribution >= 4 is 22.8 Å². The van der Waals surface area contributed by atoms with Crippen LogP contribution < -0.4 is 11.2 Å². The first-order valence-electron chi connectivity index (χ1n) is 4.11. The molecule has 2 aromatic rings. The number of hydrogen-bond acceptors (Lipinski definition) is 4. The van der Waals surface area contributed by atoms with Gasteiger partial charge in [-0.3, -0.25) is 4.79 Å². The highest BCUT2D eigenvalue weighted by Crippen LogP contribution is 2.07. The zero-order valence-corrected chi connectivity index (χ0v) is 7.52. The number of H-pyrrole nitrogens is 1. The van der Waals surface area contributed by atoms with E-state index in [0.717, 1.165) is 6.07 Å². The second-order valence-electron chi connectivity index (χ2n) is 2.98. The largest absolute Gasteiger partial charge is 0.477 e. The Labute approximate surface area is 83.4 Å². The minimum absolute atomic E-state index is 0.180. The molecule has 76 valence electrons. The molecule has 2 heterocycles. The van der Waals surface area contributed by atoms with Crippen molar-refractivity contribution in [2.24, 2.45) is 0 Å². The van der Waals surface area contributed by atoms with Crippen LogP contribution in [0, 0.1) is 0 Å². The van der Waals surface area contributed by atoms with Gasteiger partial charge in [0.25, 0.3) is 0 Å². The van der Waals surface area contributed by atoms with Gasteiger partial charge >= 0.3 is 5.97 Å². The summed E-state index contributed by atoms with van der Waals surface area (Å²) in [6.45, 7) is 0. The summed E-state index contributed by atoms with van der Waals surface area (Å²) in [6.07, 6.45) is 0. The zero-order chi connectivity index (χ0) is 11.0. The Morgan fingerprint density at radius 3 is 2.87 bits per heavy atom. The molecule has 2 rings (SSSR count). The molecule has 15 heavy (non-hydrogen) atoms. The zero-order valence-electron chi connectivity index (χ0n) is 7.52. The topological polar surface area (TPSA) is 109 Å². The Kier molecular flexibility index (Phi) is 1.89. The molecule has 2 aromatic heterocycles. The van der Waals surface area contributed by atoms with E-state index >= 15 is 0 Å². The lowest BCUT2D eigenvalue weighted by atomic mass is 10.2. The van der Waals surface area contributed by atoms with Gasteiger partial charge in [-0.15, -0.1) is 0 Å². The smallest absolute Gasteiger partial charge is 0.352 e. The van der Waals surface area contributed by atoms with Gasteiger partial charge < -0.3 is 15.8 Å². The van der Waals surface area contributed by atoms with E-state index in [0.29, 0.717) is 5.39 Å². The molecule has 6 nitrogen and oxygen atoms in total. The number of carboxylic acids is 1. The average Bonchev–Trinajstić information content (AvgIpc) is 2.16. The number of nitrogens with one attached hydrogen (secondary N) is 1. The molecule has 0 bridgehead atoms. The maximum absolute atomic E-state index is 11.5. The molecule has 0 aliphatic heterocycles. The fourth-order valence-corrected chi connectivity index (χ4v) is 1.26. The third kappa shape index (κ3) is 1.52. The number of aromatic amines is 1. The number of nitrogen functional groups attached to an aromatic ring is 1. The first-order valence-corrected chi connectivity index (χ1v) is 4.11. The monoisotopic (exact) mass is 205 g/mol. The highest BCUT2D eigenvalue weighted by molar-refractivity contribution is 5.88. The van der Waals surface area contributed by atoms with Crippen molar-refractivity contribution in [2.45, 2.75) is 0 Å². The van der Waals surface area contributed by atoms with Crippen LogP contribution in [0.2, 0.25) is 0 Å². The quantitative estimate of drug-likeness (QED) is 0.616. The number of aromatic nitrogens is 2. The first kappa shape index (κ1) is 9.20. The van der Waals surface area contributed by atoms with Crippen LogP contribution in [-0.2, 0) is 0 Å². The van der Waals surface area contributed by atoms with Crippen LogP contribution in [0.1, 0.15) is 10.5 Å². The molecule has 0 aliphatic rings. The molecule has 0 saturated carbocycles. The minimum Gasteiger partial charge on any atom is -0.477 e. The molecule has 0 fully saturated rings. The summed E-state index contributed by atoms with van der Waals surface area (Å²) in [4.78, 5) is 28.5. The lowest BCUT2D eigenvalue weighted by Gasteiger charge is -2.00. The van der Waals surface area contributed by atoms with Gasteiger partial charge in [0.05, 0.1) is 5.39 Å². The van der Waals surface area contributed by atoms with E-state index < -0.39 is 11.4 Å². The number of carboxylic acid groups (broad SMARTS) is 1. The average molecular weight is 205 g/mol. The van der Waals surface area contributed by atoms with Crippen molar-refractivity contribution < 1.29 is 9.90 Å². The normalized spacial score (nSPS) is 10.4. The predicted molar refractivity (Wildman–Crippen MR) is 53.7 cm³/mol. The van der Waals surface area contributed by atoms with Crippen molar-refractivity contribution in [1.29, 1.82) is 0 Å². The second-order valence-corrected chi connectivity index (χ2v) is 2.98. The number of rotatable bonds is 1. The molecule has 0 amide bonds. The molecule has 0 aliphatic carbocycles. The van der Waals surface area contributed by atoms with Crippen LogP contribution in [-0.4, -0.2) is 21.0 Å². The summed E-state index contributed by atoms with van der Waals surface area (Å²) in [7, 11) is 0. The molecule has 0 radical (unpaired) electrons. The summed E-state index contributed by atoms with van der Waals surface area (Å²) in [5.74, 6) is -0.987. The lowest BCUT2D eigenvalue weighted by molar-refractivity contribution is 0.0690. The number of fused-ring (bicyclic) bond motifs is 1. The van der Waals surface area contributed by atoms with E-state index in [-0.39, 0.29) is 17.2 Å². The lowest BCUT2D eigenvalue weighted by Crippen LogP contribution is -2.10. The minimum atomic E-state index is -1.21. The van der Waals surface area contributed by atoms with Gasteiger partial charge in [0.15, 0.2) is 5.43 Å². The van der Waals surface area contributed by atoms with Gasteiger partial charge in [-0.05, 0) is 12.1 Å². The van der Waals surface area contributed by atoms with E-state index in [2.05, 4.69) is 9.97 Å². The number of hydrogen-bond donors (Lipinski definition) is 3. The van der Waals surface area contributed by atoms with Crippen molar-refractivity contribution in [2.75, 3.05) is 5.73 Å². The molecule has 4 N–H and O–H groups in total. The summed E-state index contributed by atoms with van der Waals surface area (Å²) in [5.41, 5.74) is 5.00. The van der Waals surface area contributed by atoms with Gasteiger partial charge in [0.2, 0.25) is 0 Å². The summed E-state index contributed by atoms with van der Waals surface area (Å²) < 4.78 is 0. The summed E-state index contributed by atoms with van der Waals surface area (Å²) >= 11 is 0. The molecule has 0 saturated heterocycles. The van der Waals surface area contributed by atoms with Crippen molar-refractivity contribution in [1.82, 2.24) is 9.97 Å². The summed E-state index contributed by atoms with van der Waals surface area (Å²) in [6, 6.07) is 4.00. The molecular weight excluding hydrogens is 198 g/mol. The van der Waals surface area contributed by atoms with E-state index in [9.17, 15) is 9.59 Å². The van der Waals surface area contributed by atoms with Gasteiger partial charge in [-0.1, -0.05) is 0 Å². The Balaban J connectivity index is 2.85. The van der Waals surface area contributed by atoms with E-state index in [1.165, 1.54) is 12.1 Å². The van der Waals surface area contributed by atoms with Crippen LogP contribution in [0.3, 0.4) is 0 Å². The Morgan fingerprint density at radius 2 is 2.20 bits per heavy atom. The number of nitrogens with two attached hydrogens (primary N) is 1. The maximum Gasteiger partial charge on any atom is 0.352 e. The third-order valence-electron chi connectivity index (χ3n) is 1.94. The SMILES string of the molecule is Nc1ccc2c(=O)cc(C(=O)O)[nH]c2n1. The van der Waals surface area contributed by atoms with E-state index in [1.54, 1.807) is 0 Å². The fourth-order valence-electron chi connectivity index (χ4n) is 1.26. The van der Waals surface area contributed by atoms with Gasteiger partial charge in [-0.2, -0.15) is 0 Å². The van der Waals surface area contributed by atoms with Crippen LogP contribution in [0.25, 0.3) is 11.0 Å².